The Balaban J connectivity index is 1.99. The van der Waals surface area contributed by atoms with E-state index in [2.05, 4.69) is 29.7 Å². The van der Waals surface area contributed by atoms with Crippen LogP contribution in [0.2, 0.25) is 0 Å². The van der Waals surface area contributed by atoms with Crippen LogP contribution >= 0.6 is 12.2 Å². The third-order valence-corrected chi connectivity index (χ3v) is 4.08. The minimum absolute atomic E-state index is 0.0578. The molecule has 4 heteroatoms. The highest BCUT2D eigenvalue weighted by atomic mass is 32.1. The van der Waals surface area contributed by atoms with Gasteiger partial charge in [0.25, 0.3) is 0 Å². The number of nitrogens with one attached hydrogen (secondary N) is 2. The number of rotatable bonds is 2. The zero-order valence-electron chi connectivity index (χ0n) is 12.4. The van der Waals surface area contributed by atoms with E-state index in [-0.39, 0.29) is 11.8 Å². The van der Waals surface area contributed by atoms with Gasteiger partial charge in [-0.2, -0.15) is 0 Å². The van der Waals surface area contributed by atoms with Crippen LogP contribution in [0.25, 0.3) is 0 Å². The summed E-state index contributed by atoms with van der Waals surface area (Å²) in [6.45, 7) is 6.16. The van der Waals surface area contributed by atoms with Crippen LogP contribution in [0.1, 0.15) is 42.4 Å². The van der Waals surface area contributed by atoms with E-state index in [0.717, 1.165) is 42.5 Å². The molecule has 0 bridgehead atoms. The van der Waals surface area contributed by atoms with Gasteiger partial charge in [0.2, 0.25) is 5.91 Å². The van der Waals surface area contributed by atoms with Gasteiger partial charge >= 0.3 is 0 Å². The predicted molar refractivity (Wildman–Crippen MR) is 87.0 cm³/mol. The van der Waals surface area contributed by atoms with E-state index in [1.54, 1.807) is 0 Å². The third-order valence-electron chi connectivity index (χ3n) is 3.88. The first kappa shape index (κ1) is 15.0. The van der Waals surface area contributed by atoms with Crippen molar-refractivity contribution in [1.82, 2.24) is 5.32 Å². The van der Waals surface area contributed by atoms with Crippen molar-refractivity contribution in [3.8, 4) is 0 Å². The normalized spacial score (nSPS) is 15.2. The van der Waals surface area contributed by atoms with Crippen molar-refractivity contribution in [3.05, 3.63) is 28.8 Å². The fraction of sp³-hybridized carbons (Fsp3) is 0.500. The molecule has 0 saturated heterocycles. The van der Waals surface area contributed by atoms with Gasteiger partial charge in [0, 0.05) is 11.6 Å². The molecule has 0 radical (unpaired) electrons. The second-order valence-electron chi connectivity index (χ2n) is 5.70. The van der Waals surface area contributed by atoms with E-state index in [1.807, 2.05) is 13.8 Å². The topological polar surface area (TPSA) is 41.1 Å². The van der Waals surface area contributed by atoms with Crippen LogP contribution in [0.4, 0.5) is 5.69 Å². The monoisotopic (exact) mass is 290 g/mol. The summed E-state index contributed by atoms with van der Waals surface area (Å²) in [6.07, 6.45) is 4.26. The van der Waals surface area contributed by atoms with Gasteiger partial charge in [0.15, 0.2) is 5.11 Å². The van der Waals surface area contributed by atoms with Crippen LogP contribution in [0.3, 0.4) is 0 Å². The molecule has 0 heterocycles. The Morgan fingerprint density at radius 1 is 1.15 bits per heavy atom. The van der Waals surface area contributed by atoms with Crippen molar-refractivity contribution in [2.45, 2.75) is 46.5 Å². The highest BCUT2D eigenvalue weighted by Gasteiger charge is 2.23. The minimum atomic E-state index is 0.0578. The van der Waals surface area contributed by atoms with E-state index in [4.69, 9.17) is 12.2 Å². The maximum Gasteiger partial charge on any atom is 0.229 e. The van der Waals surface area contributed by atoms with Gasteiger partial charge in [-0.3, -0.25) is 4.79 Å². The Labute approximate surface area is 126 Å². The molecule has 0 atom stereocenters. The van der Waals surface area contributed by atoms with Gasteiger partial charge in [0.1, 0.15) is 0 Å². The molecule has 0 aromatic heterocycles. The van der Waals surface area contributed by atoms with Crippen molar-refractivity contribution >= 4 is 28.9 Å². The molecule has 1 amide bonds. The van der Waals surface area contributed by atoms with Gasteiger partial charge < -0.3 is 10.6 Å². The summed E-state index contributed by atoms with van der Waals surface area (Å²) in [4.78, 5) is 12.0. The lowest BCUT2D eigenvalue weighted by Gasteiger charge is -2.16. The number of carbonyl (C=O) groups excluding carboxylic acids is 1. The molecule has 1 aliphatic rings. The van der Waals surface area contributed by atoms with Crippen LogP contribution in [-0.2, 0) is 4.79 Å². The summed E-state index contributed by atoms with van der Waals surface area (Å²) in [7, 11) is 0. The maximum absolute atomic E-state index is 12.0. The van der Waals surface area contributed by atoms with Crippen molar-refractivity contribution in [1.29, 1.82) is 0 Å². The lowest BCUT2D eigenvalue weighted by Crippen LogP contribution is -2.37. The van der Waals surface area contributed by atoms with E-state index in [1.165, 1.54) is 5.56 Å². The summed E-state index contributed by atoms with van der Waals surface area (Å²) in [6, 6.07) is 4.22. The molecule has 20 heavy (non-hydrogen) atoms. The Kier molecular flexibility index (Phi) is 4.76. The van der Waals surface area contributed by atoms with Crippen molar-refractivity contribution < 1.29 is 4.79 Å². The van der Waals surface area contributed by atoms with Gasteiger partial charge in [-0.25, -0.2) is 0 Å². The molecule has 2 rings (SSSR count). The van der Waals surface area contributed by atoms with Gasteiger partial charge in [-0.1, -0.05) is 30.5 Å². The van der Waals surface area contributed by atoms with Crippen LogP contribution in [-0.4, -0.2) is 11.0 Å². The van der Waals surface area contributed by atoms with E-state index in [9.17, 15) is 4.79 Å². The lowest BCUT2D eigenvalue weighted by molar-refractivity contribution is -0.123. The maximum atomic E-state index is 12.0. The molecule has 108 valence electrons. The first-order chi connectivity index (χ1) is 9.47. The molecular formula is C16H22N2OS. The SMILES string of the molecule is Cc1cc(C)c(NC(=S)NC(=O)C2CCCC2)c(C)c1. The molecule has 1 fully saturated rings. The second kappa shape index (κ2) is 6.35. The van der Waals surface area contributed by atoms with Crippen molar-refractivity contribution in [2.24, 2.45) is 5.92 Å². The number of hydrogen-bond donors (Lipinski definition) is 2. The van der Waals surface area contributed by atoms with Crippen LogP contribution in [0, 0.1) is 26.7 Å². The van der Waals surface area contributed by atoms with Gasteiger partial charge in [-0.05, 0) is 57.0 Å². The summed E-state index contributed by atoms with van der Waals surface area (Å²) in [5.74, 6) is 0.192. The molecule has 1 saturated carbocycles. The highest BCUT2D eigenvalue weighted by molar-refractivity contribution is 7.80. The third kappa shape index (κ3) is 3.57. The zero-order valence-corrected chi connectivity index (χ0v) is 13.2. The predicted octanol–water partition coefficient (Wildman–Crippen LogP) is 3.62. The molecule has 1 aromatic rings. The van der Waals surface area contributed by atoms with E-state index in [0.29, 0.717) is 5.11 Å². The standard InChI is InChI=1S/C16H22N2OS/c1-10-8-11(2)14(12(3)9-10)17-16(20)18-15(19)13-6-4-5-7-13/h8-9,13H,4-7H2,1-3H3,(H2,17,18,19,20). The highest BCUT2D eigenvalue weighted by Crippen LogP contribution is 2.25. The number of aryl methyl sites for hydroxylation is 3. The molecule has 1 aliphatic carbocycles. The van der Waals surface area contributed by atoms with E-state index < -0.39 is 0 Å². The average molecular weight is 290 g/mol. The average Bonchev–Trinajstić information content (AvgIpc) is 2.87. The van der Waals surface area contributed by atoms with Crippen molar-refractivity contribution in [2.75, 3.05) is 5.32 Å². The number of benzene rings is 1. The number of carbonyl (C=O) groups is 1. The largest absolute Gasteiger partial charge is 0.332 e. The first-order valence-corrected chi connectivity index (χ1v) is 7.58. The minimum Gasteiger partial charge on any atom is -0.332 e. The molecule has 3 nitrogen and oxygen atoms in total. The second-order valence-corrected chi connectivity index (χ2v) is 6.11. The summed E-state index contributed by atoms with van der Waals surface area (Å²) in [5.41, 5.74) is 4.50. The van der Waals surface area contributed by atoms with Crippen LogP contribution in [0.15, 0.2) is 12.1 Å². The Bertz CT molecular complexity index is 510. The number of hydrogen-bond acceptors (Lipinski definition) is 2. The molecule has 1 aromatic carbocycles. The Morgan fingerprint density at radius 2 is 1.70 bits per heavy atom. The van der Waals surface area contributed by atoms with E-state index >= 15 is 0 Å². The lowest BCUT2D eigenvalue weighted by atomic mass is 10.1. The summed E-state index contributed by atoms with van der Waals surface area (Å²) >= 11 is 5.26. The quantitative estimate of drug-likeness (QED) is 0.817. The fourth-order valence-electron chi connectivity index (χ4n) is 2.92. The fourth-order valence-corrected chi connectivity index (χ4v) is 3.13. The number of amides is 1. The first-order valence-electron chi connectivity index (χ1n) is 7.17. The van der Waals surface area contributed by atoms with Crippen LogP contribution in [0.5, 0.6) is 0 Å². The smallest absolute Gasteiger partial charge is 0.229 e. The molecule has 0 unspecified atom stereocenters. The summed E-state index contributed by atoms with van der Waals surface area (Å²) in [5, 5.41) is 6.38. The summed E-state index contributed by atoms with van der Waals surface area (Å²) < 4.78 is 0. The number of anilines is 1. The zero-order chi connectivity index (χ0) is 14.7. The molecular weight excluding hydrogens is 268 g/mol. The molecule has 0 spiro atoms. The molecule has 0 aliphatic heterocycles. The Morgan fingerprint density at radius 3 is 2.25 bits per heavy atom. The van der Waals surface area contributed by atoms with Crippen molar-refractivity contribution in [3.63, 3.8) is 0 Å². The Hall–Kier alpha value is -1.42. The van der Waals surface area contributed by atoms with Gasteiger partial charge in [-0.15, -0.1) is 0 Å². The number of thiocarbonyl (C=S) groups is 1. The van der Waals surface area contributed by atoms with Gasteiger partial charge in [0.05, 0.1) is 0 Å². The van der Waals surface area contributed by atoms with Crippen LogP contribution < -0.4 is 10.6 Å². The molecule has 2 N–H and O–H groups in total.